The van der Waals surface area contributed by atoms with E-state index in [0.717, 1.165) is 19.3 Å². The molecule has 1 aliphatic rings. The standard InChI is InChI=1S/C13H22N4O/c1-2-9-18-12-7-8-15-13(17-12)16-11-6-4-3-5-10(11)14/h7-8,10-11H,2-6,9,14H2,1H3,(H,15,16,17)/t10-,11-/m1/s1. The fraction of sp³-hybridized carbons (Fsp3) is 0.692. The molecule has 0 bridgehead atoms. The van der Waals surface area contributed by atoms with Crippen molar-refractivity contribution < 1.29 is 4.74 Å². The summed E-state index contributed by atoms with van der Waals surface area (Å²) in [5, 5.41) is 3.32. The minimum absolute atomic E-state index is 0.197. The van der Waals surface area contributed by atoms with Gasteiger partial charge in [-0.15, -0.1) is 0 Å². The first kappa shape index (κ1) is 13.1. The Morgan fingerprint density at radius 3 is 3.06 bits per heavy atom. The fourth-order valence-corrected chi connectivity index (χ4v) is 2.20. The van der Waals surface area contributed by atoms with Gasteiger partial charge in [0.1, 0.15) is 0 Å². The molecule has 0 spiro atoms. The maximum absolute atomic E-state index is 6.10. The van der Waals surface area contributed by atoms with Crippen LogP contribution in [0.25, 0.3) is 0 Å². The second kappa shape index (κ2) is 6.54. The van der Waals surface area contributed by atoms with Crippen molar-refractivity contribution in [1.82, 2.24) is 9.97 Å². The summed E-state index contributed by atoms with van der Waals surface area (Å²) in [4.78, 5) is 8.56. The first-order chi connectivity index (χ1) is 8.79. The van der Waals surface area contributed by atoms with Gasteiger partial charge in [-0.2, -0.15) is 4.98 Å². The average Bonchev–Trinajstić information content (AvgIpc) is 2.40. The molecule has 1 saturated carbocycles. The van der Waals surface area contributed by atoms with Crippen LogP contribution in [0.5, 0.6) is 5.88 Å². The van der Waals surface area contributed by atoms with Crippen LogP contribution in [0.2, 0.25) is 0 Å². The normalized spacial score (nSPS) is 23.7. The minimum atomic E-state index is 0.197. The molecule has 0 radical (unpaired) electrons. The molecule has 5 heteroatoms. The van der Waals surface area contributed by atoms with Crippen LogP contribution in [-0.2, 0) is 0 Å². The number of hydrogen-bond donors (Lipinski definition) is 2. The van der Waals surface area contributed by atoms with Crippen molar-refractivity contribution in [1.29, 1.82) is 0 Å². The molecule has 2 atom stereocenters. The summed E-state index contributed by atoms with van der Waals surface area (Å²) in [6.45, 7) is 2.75. The van der Waals surface area contributed by atoms with E-state index in [1.165, 1.54) is 12.8 Å². The first-order valence-corrected chi connectivity index (χ1v) is 6.77. The van der Waals surface area contributed by atoms with Gasteiger partial charge in [0.15, 0.2) is 0 Å². The van der Waals surface area contributed by atoms with Gasteiger partial charge in [0.05, 0.1) is 6.61 Å². The highest BCUT2D eigenvalue weighted by Gasteiger charge is 2.22. The smallest absolute Gasteiger partial charge is 0.226 e. The van der Waals surface area contributed by atoms with Crippen LogP contribution in [0, 0.1) is 0 Å². The van der Waals surface area contributed by atoms with Crippen LogP contribution in [0.15, 0.2) is 12.3 Å². The van der Waals surface area contributed by atoms with Gasteiger partial charge in [-0.25, -0.2) is 4.98 Å². The summed E-state index contributed by atoms with van der Waals surface area (Å²) in [5.74, 6) is 1.24. The van der Waals surface area contributed by atoms with Crippen LogP contribution < -0.4 is 15.8 Å². The van der Waals surface area contributed by atoms with Gasteiger partial charge in [0.2, 0.25) is 11.8 Å². The number of ether oxygens (including phenoxy) is 1. The molecule has 0 amide bonds. The molecule has 0 aromatic carbocycles. The molecule has 1 aliphatic carbocycles. The molecule has 2 rings (SSSR count). The second-order valence-corrected chi connectivity index (χ2v) is 4.77. The van der Waals surface area contributed by atoms with Crippen molar-refractivity contribution in [2.45, 2.75) is 51.1 Å². The van der Waals surface area contributed by atoms with E-state index in [1.807, 2.05) is 0 Å². The Morgan fingerprint density at radius 2 is 2.28 bits per heavy atom. The van der Waals surface area contributed by atoms with Gasteiger partial charge < -0.3 is 15.8 Å². The van der Waals surface area contributed by atoms with Gasteiger partial charge in [-0.1, -0.05) is 19.8 Å². The Kier molecular flexibility index (Phi) is 4.75. The summed E-state index contributed by atoms with van der Waals surface area (Å²) >= 11 is 0. The molecule has 0 unspecified atom stereocenters. The van der Waals surface area contributed by atoms with Crippen LogP contribution >= 0.6 is 0 Å². The number of anilines is 1. The number of aromatic nitrogens is 2. The molecule has 0 aliphatic heterocycles. The molecule has 5 nitrogen and oxygen atoms in total. The topological polar surface area (TPSA) is 73.1 Å². The summed E-state index contributed by atoms with van der Waals surface area (Å²) < 4.78 is 5.49. The lowest BCUT2D eigenvalue weighted by Crippen LogP contribution is -2.42. The monoisotopic (exact) mass is 250 g/mol. The van der Waals surface area contributed by atoms with Crippen molar-refractivity contribution in [2.24, 2.45) is 5.73 Å². The number of hydrogen-bond acceptors (Lipinski definition) is 5. The second-order valence-electron chi connectivity index (χ2n) is 4.77. The van der Waals surface area contributed by atoms with Gasteiger partial charge in [0, 0.05) is 24.3 Å². The van der Waals surface area contributed by atoms with Crippen molar-refractivity contribution >= 4 is 5.95 Å². The molecule has 1 aromatic heterocycles. The zero-order chi connectivity index (χ0) is 12.8. The Hall–Kier alpha value is -1.36. The van der Waals surface area contributed by atoms with Crippen LogP contribution in [-0.4, -0.2) is 28.7 Å². The maximum Gasteiger partial charge on any atom is 0.226 e. The summed E-state index contributed by atoms with van der Waals surface area (Å²) in [5.41, 5.74) is 6.10. The predicted octanol–water partition coefficient (Wildman–Crippen LogP) is 1.95. The first-order valence-electron chi connectivity index (χ1n) is 6.77. The van der Waals surface area contributed by atoms with Crippen LogP contribution in [0.1, 0.15) is 39.0 Å². The zero-order valence-electron chi connectivity index (χ0n) is 10.9. The Morgan fingerprint density at radius 1 is 1.44 bits per heavy atom. The fourth-order valence-electron chi connectivity index (χ4n) is 2.20. The molecule has 1 heterocycles. The minimum Gasteiger partial charge on any atom is -0.478 e. The van der Waals surface area contributed by atoms with Gasteiger partial charge in [-0.05, 0) is 19.3 Å². The van der Waals surface area contributed by atoms with E-state index < -0.39 is 0 Å². The third-order valence-corrected chi connectivity index (χ3v) is 3.22. The largest absolute Gasteiger partial charge is 0.478 e. The molecule has 18 heavy (non-hydrogen) atoms. The lowest BCUT2D eigenvalue weighted by molar-refractivity contribution is 0.305. The molecule has 100 valence electrons. The summed E-state index contributed by atoms with van der Waals surface area (Å²) in [6, 6.07) is 2.25. The third kappa shape index (κ3) is 3.57. The molecule has 3 N–H and O–H groups in total. The predicted molar refractivity (Wildman–Crippen MR) is 71.7 cm³/mol. The van der Waals surface area contributed by atoms with Crippen molar-refractivity contribution in [3.63, 3.8) is 0 Å². The SMILES string of the molecule is CCCOc1ccnc(N[C@@H]2CCCC[C@H]2N)n1. The van der Waals surface area contributed by atoms with E-state index >= 15 is 0 Å². The zero-order valence-corrected chi connectivity index (χ0v) is 10.9. The van der Waals surface area contributed by atoms with Crippen molar-refractivity contribution in [3.05, 3.63) is 12.3 Å². The maximum atomic E-state index is 6.10. The molecule has 0 saturated heterocycles. The van der Waals surface area contributed by atoms with Gasteiger partial charge >= 0.3 is 0 Å². The van der Waals surface area contributed by atoms with E-state index in [1.54, 1.807) is 12.3 Å². The van der Waals surface area contributed by atoms with Crippen molar-refractivity contribution in [3.8, 4) is 5.88 Å². The number of rotatable bonds is 5. The highest BCUT2D eigenvalue weighted by molar-refractivity contribution is 5.29. The highest BCUT2D eigenvalue weighted by atomic mass is 16.5. The van der Waals surface area contributed by atoms with E-state index in [0.29, 0.717) is 18.4 Å². The Balaban J connectivity index is 1.95. The summed E-state index contributed by atoms with van der Waals surface area (Å²) in [7, 11) is 0. The molecule has 1 aromatic rings. The number of nitrogens with zero attached hydrogens (tertiary/aromatic N) is 2. The van der Waals surface area contributed by atoms with E-state index in [-0.39, 0.29) is 12.1 Å². The van der Waals surface area contributed by atoms with E-state index in [2.05, 4.69) is 22.2 Å². The molecule has 1 fully saturated rings. The lowest BCUT2D eigenvalue weighted by atomic mass is 9.91. The third-order valence-electron chi connectivity index (χ3n) is 3.22. The average molecular weight is 250 g/mol. The van der Waals surface area contributed by atoms with E-state index in [4.69, 9.17) is 10.5 Å². The van der Waals surface area contributed by atoms with Gasteiger partial charge in [0.25, 0.3) is 0 Å². The van der Waals surface area contributed by atoms with E-state index in [9.17, 15) is 0 Å². The Bertz CT molecular complexity index is 372. The number of nitrogens with one attached hydrogen (secondary N) is 1. The number of nitrogens with two attached hydrogens (primary N) is 1. The molecular weight excluding hydrogens is 228 g/mol. The van der Waals surface area contributed by atoms with Gasteiger partial charge in [-0.3, -0.25) is 0 Å². The van der Waals surface area contributed by atoms with Crippen LogP contribution in [0.4, 0.5) is 5.95 Å². The quantitative estimate of drug-likeness (QED) is 0.835. The molecular formula is C13H22N4O. The van der Waals surface area contributed by atoms with Crippen LogP contribution in [0.3, 0.4) is 0 Å². The lowest BCUT2D eigenvalue weighted by Gasteiger charge is -2.29. The highest BCUT2D eigenvalue weighted by Crippen LogP contribution is 2.20. The summed E-state index contributed by atoms with van der Waals surface area (Å²) in [6.07, 6.45) is 7.29. The Labute approximate surface area is 108 Å². The van der Waals surface area contributed by atoms with Crippen molar-refractivity contribution in [2.75, 3.05) is 11.9 Å².